The van der Waals surface area contributed by atoms with E-state index in [4.69, 9.17) is 19.0 Å². The molecular formula is C12H17NO5. The van der Waals surface area contributed by atoms with Crippen LogP contribution in [0.5, 0.6) is 17.2 Å². The van der Waals surface area contributed by atoms with Gasteiger partial charge in [-0.05, 0) is 6.07 Å². The lowest BCUT2D eigenvalue weighted by Gasteiger charge is -2.18. The zero-order chi connectivity index (χ0) is 13.7. The molecule has 0 aromatic heterocycles. The molecule has 0 fully saturated rings. The van der Waals surface area contributed by atoms with Crippen LogP contribution in [0.4, 0.5) is 0 Å². The molecule has 0 saturated carbocycles. The third-order valence-corrected chi connectivity index (χ3v) is 2.48. The molecule has 6 heteroatoms. The lowest BCUT2D eigenvalue weighted by Crippen LogP contribution is -2.26. The molecule has 0 radical (unpaired) electrons. The van der Waals surface area contributed by atoms with Crippen molar-refractivity contribution in [1.82, 2.24) is 5.06 Å². The van der Waals surface area contributed by atoms with E-state index < -0.39 is 0 Å². The fraction of sp³-hybridized carbons (Fsp3) is 0.417. The van der Waals surface area contributed by atoms with Gasteiger partial charge in [0.1, 0.15) is 5.75 Å². The van der Waals surface area contributed by atoms with Gasteiger partial charge in [-0.15, -0.1) is 0 Å². The van der Waals surface area contributed by atoms with Crippen LogP contribution in [0, 0.1) is 0 Å². The summed E-state index contributed by atoms with van der Waals surface area (Å²) < 4.78 is 15.5. The van der Waals surface area contributed by atoms with Crippen molar-refractivity contribution in [3.63, 3.8) is 0 Å². The Morgan fingerprint density at radius 1 is 1.06 bits per heavy atom. The lowest BCUT2D eigenvalue weighted by molar-refractivity contribution is -0.0758. The summed E-state index contributed by atoms with van der Waals surface area (Å²) in [6.45, 7) is 0. The van der Waals surface area contributed by atoms with Crippen LogP contribution in [0.1, 0.15) is 10.4 Å². The number of methoxy groups -OCH3 is 3. The maximum absolute atomic E-state index is 12.1. The van der Waals surface area contributed by atoms with Crippen LogP contribution in [0.25, 0.3) is 0 Å². The number of benzene rings is 1. The molecule has 0 aliphatic rings. The van der Waals surface area contributed by atoms with Crippen molar-refractivity contribution < 1.29 is 23.8 Å². The van der Waals surface area contributed by atoms with Crippen LogP contribution < -0.4 is 14.2 Å². The molecule has 1 rings (SSSR count). The molecule has 0 unspecified atom stereocenters. The van der Waals surface area contributed by atoms with Crippen molar-refractivity contribution in [2.45, 2.75) is 0 Å². The highest BCUT2D eigenvalue weighted by molar-refractivity contribution is 5.97. The van der Waals surface area contributed by atoms with Crippen molar-refractivity contribution in [1.29, 1.82) is 0 Å². The Hall–Kier alpha value is -1.95. The van der Waals surface area contributed by atoms with E-state index in [2.05, 4.69) is 0 Å². The highest BCUT2D eigenvalue weighted by atomic mass is 16.7. The number of ether oxygens (including phenoxy) is 3. The number of nitrogens with zero attached hydrogens (tertiary/aromatic N) is 1. The molecule has 100 valence electrons. The molecular weight excluding hydrogens is 238 g/mol. The summed E-state index contributed by atoms with van der Waals surface area (Å²) in [6, 6.07) is 3.21. The van der Waals surface area contributed by atoms with Gasteiger partial charge in [-0.3, -0.25) is 9.63 Å². The molecule has 1 amide bonds. The fourth-order valence-electron chi connectivity index (χ4n) is 1.47. The standard InChI is InChI=1S/C12H17NO5/c1-13(18-5)12(14)9-6-8(15-2)7-10(16-3)11(9)17-4/h6-7H,1-5H3. The number of carbonyl (C=O) groups is 1. The van der Waals surface area contributed by atoms with Gasteiger partial charge in [-0.1, -0.05) is 0 Å². The monoisotopic (exact) mass is 255 g/mol. The molecule has 0 atom stereocenters. The average Bonchev–Trinajstić information content (AvgIpc) is 2.43. The second-order valence-electron chi connectivity index (χ2n) is 3.40. The molecule has 0 N–H and O–H groups in total. The minimum atomic E-state index is -0.355. The first-order valence-electron chi connectivity index (χ1n) is 5.21. The van der Waals surface area contributed by atoms with Crippen molar-refractivity contribution in [2.75, 3.05) is 35.5 Å². The van der Waals surface area contributed by atoms with E-state index in [-0.39, 0.29) is 5.91 Å². The highest BCUT2D eigenvalue weighted by Crippen LogP contribution is 2.36. The third-order valence-electron chi connectivity index (χ3n) is 2.48. The largest absolute Gasteiger partial charge is 0.497 e. The van der Waals surface area contributed by atoms with Gasteiger partial charge in [0, 0.05) is 13.1 Å². The summed E-state index contributed by atoms with van der Waals surface area (Å²) in [7, 11) is 7.38. The van der Waals surface area contributed by atoms with Crippen LogP contribution in [0.3, 0.4) is 0 Å². The molecule has 6 nitrogen and oxygen atoms in total. The minimum absolute atomic E-state index is 0.304. The van der Waals surface area contributed by atoms with Crippen LogP contribution in [-0.2, 0) is 4.84 Å². The number of hydrogen-bond acceptors (Lipinski definition) is 5. The fourth-order valence-corrected chi connectivity index (χ4v) is 1.47. The maximum atomic E-state index is 12.1. The van der Waals surface area contributed by atoms with Crippen molar-refractivity contribution >= 4 is 5.91 Å². The molecule has 1 aromatic rings. The zero-order valence-corrected chi connectivity index (χ0v) is 11.1. The molecule has 0 heterocycles. The minimum Gasteiger partial charge on any atom is -0.497 e. The van der Waals surface area contributed by atoms with Gasteiger partial charge in [0.2, 0.25) is 0 Å². The number of amides is 1. The molecule has 0 saturated heterocycles. The van der Waals surface area contributed by atoms with E-state index >= 15 is 0 Å². The van der Waals surface area contributed by atoms with E-state index in [0.29, 0.717) is 22.8 Å². The predicted octanol–water partition coefficient (Wildman–Crippen LogP) is 1.35. The summed E-state index contributed by atoms with van der Waals surface area (Å²) >= 11 is 0. The van der Waals surface area contributed by atoms with Crippen molar-refractivity contribution in [3.8, 4) is 17.2 Å². The Morgan fingerprint density at radius 3 is 2.17 bits per heavy atom. The normalized spacial score (nSPS) is 9.83. The Labute approximate surface area is 106 Å². The number of rotatable bonds is 5. The van der Waals surface area contributed by atoms with Crippen molar-refractivity contribution in [3.05, 3.63) is 17.7 Å². The second kappa shape index (κ2) is 6.11. The van der Waals surface area contributed by atoms with Gasteiger partial charge < -0.3 is 14.2 Å². The number of hydrogen-bond donors (Lipinski definition) is 0. The van der Waals surface area contributed by atoms with Crippen LogP contribution in [0.15, 0.2) is 12.1 Å². The highest BCUT2D eigenvalue weighted by Gasteiger charge is 2.21. The van der Waals surface area contributed by atoms with Gasteiger partial charge >= 0.3 is 0 Å². The smallest absolute Gasteiger partial charge is 0.281 e. The van der Waals surface area contributed by atoms with Gasteiger partial charge in [0.05, 0.1) is 34.0 Å². The van der Waals surface area contributed by atoms with Gasteiger partial charge in [-0.2, -0.15) is 0 Å². The number of carbonyl (C=O) groups excluding carboxylic acids is 1. The van der Waals surface area contributed by atoms with E-state index in [0.717, 1.165) is 5.06 Å². The summed E-state index contributed by atoms with van der Waals surface area (Å²) in [5, 5.41) is 1.09. The molecule has 1 aromatic carbocycles. The van der Waals surface area contributed by atoms with E-state index in [1.54, 1.807) is 12.1 Å². The average molecular weight is 255 g/mol. The first-order valence-corrected chi connectivity index (χ1v) is 5.21. The molecule has 0 aliphatic heterocycles. The summed E-state index contributed by atoms with van der Waals surface area (Å²) in [5.41, 5.74) is 0.304. The molecule has 18 heavy (non-hydrogen) atoms. The summed E-state index contributed by atoms with van der Waals surface area (Å²) in [5.74, 6) is 0.906. The van der Waals surface area contributed by atoms with E-state index in [1.807, 2.05) is 0 Å². The van der Waals surface area contributed by atoms with Gasteiger partial charge in [-0.25, -0.2) is 5.06 Å². The first kappa shape index (κ1) is 14.1. The Kier molecular flexibility index (Phi) is 4.79. The molecule has 0 aliphatic carbocycles. The molecule has 0 spiro atoms. The summed E-state index contributed by atoms with van der Waals surface area (Å²) in [6.07, 6.45) is 0. The topological polar surface area (TPSA) is 57.2 Å². The third kappa shape index (κ3) is 2.65. The van der Waals surface area contributed by atoms with Crippen LogP contribution >= 0.6 is 0 Å². The van der Waals surface area contributed by atoms with Crippen molar-refractivity contribution in [2.24, 2.45) is 0 Å². The summed E-state index contributed by atoms with van der Waals surface area (Å²) in [4.78, 5) is 17.0. The molecule has 0 bridgehead atoms. The lowest BCUT2D eigenvalue weighted by atomic mass is 10.1. The van der Waals surface area contributed by atoms with Gasteiger partial charge in [0.15, 0.2) is 11.5 Å². The Balaban J connectivity index is 3.35. The Bertz CT molecular complexity index is 433. The SMILES string of the molecule is COc1cc(OC)c(OC)c(C(=O)N(C)OC)c1. The first-order chi connectivity index (χ1) is 8.58. The predicted molar refractivity (Wildman–Crippen MR) is 65.2 cm³/mol. The van der Waals surface area contributed by atoms with Crippen LogP contribution in [-0.4, -0.2) is 46.5 Å². The maximum Gasteiger partial charge on any atom is 0.281 e. The second-order valence-corrected chi connectivity index (χ2v) is 3.40. The van der Waals surface area contributed by atoms with E-state index in [9.17, 15) is 4.79 Å². The number of hydroxylamine groups is 2. The van der Waals surface area contributed by atoms with Gasteiger partial charge in [0.25, 0.3) is 5.91 Å². The van der Waals surface area contributed by atoms with Crippen LogP contribution in [0.2, 0.25) is 0 Å². The van der Waals surface area contributed by atoms with E-state index in [1.165, 1.54) is 35.5 Å². The zero-order valence-electron chi connectivity index (χ0n) is 11.1. The quantitative estimate of drug-likeness (QED) is 0.743. The Morgan fingerprint density at radius 2 is 1.72 bits per heavy atom.